The normalized spacial score (nSPS) is 20.5. The second-order valence-corrected chi connectivity index (χ2v) is 4.94. The van der Waals surface area contributed by atoms with E-state index in [1.165, 1.54) is 45.6 Å². The van der Waals surface area contributed by atoms with Gasteiger partial charge in [-0.3, -0.25) is 0 Å². The summed E-state index contributed by atoms with van der Waals surface area (Å²) in [4.78, 5) is 2.59. The maximum absolute atomic E-state index is 3.39. The van der Waals surface area contributed by atoms with Crippen molar-refractivity contribution in [2.45, 2.75) is 33.6 Å². The minimum absolute atomic E-state index is 0.506. The molecular weight excluding hydrogens is 160 g/mol. The van der Waals surface area contributed by atoms with Crippen molar-refractivity contribution in [3.8, 4) is 0 Å². The molecule has 0 bridgehead atoms. The topological polar surface area (TPSA) is 15.3 Å². The van der Waals surface area contributed by atoms with E-state index >= 15 is 0 Å². The lowest BCUT2D eigenvalue weighted by Crippen LogP contribution is -2.46. The summed E-state index contributed by atoms with van der Waals surface area (Å²) in [6.07, 6.45) is 2.65. The summed E-state index contributed by atoms with van der Waals surface area (Å²) in [6, 6.07) is 0. The standard InChI is InChI=1S/C11H24N2/c1-4-5-11(2,3)10-13-8-6-12-7-9-13/h12H,4-10H2,1-3H3. The first kappa shape index (κ1) is 11.0. The number of hydrogen-bond acceptors (Lipinski definition) is 2. The molecule has 0 amide bonds. The molecule has 0 saturated carbocycles. The zero-order chi connectivity index (χ0) is 9.73. The van der Waals surface area contributed by atoms with Gasteiger partial charge in [0.15, 0.2) is 0 Å². The molecule has 0 aromatic heterocycles. The lowest BCUT2D eigenvalue weighted by atomic mass is 9.87. The average molecular weight is 184 g/mol. The summed E-state index contributed by atoms with van der Waals surface area (Å²) in [6.45, 7) is 13.1. The van der Waals surface area contributed by atoms with Gasteiger partial charge < -0.3 is 10.2 Å². The van der Waals surface area contributed by atoms with Gasteiger partial charge in [-0.25, -0.2) is 0 Å². The van der Waals surface area contributed by atoms with Crippen molar-refractivity contribution >= 4 is 0 Å². The van der Waals surface area contributed by atoms with E-state index in [4.69, 9.17) is 0 Å². The Hall–Kier alpha value is -0.0800. The third-order valence-electron chi connectivity index (χ3n) is 2.79. The summed E-state index contributed by atoms with van der Waals surface area (Å²) >= 11 is 0. The predicted molar refractivity (Wildman–Crippen MR) is 58.0 cm³/mol. The lowest BCUT2D eigenvalue weighted by molar-refractivity contribution is 0.152. The monoisotopic (exact) mass is 184 g/mol. The number of nitrogens with one attached hydrogen (secondary N) is 1. The van der Waals surface area contributed by atoms with Gasteiger partial charge in [0, 0.05) is 32.7 Å². The Kier molecular flexibility index (Phi) is 4.20. The third kappa shape index (κ3) is 4.10. The minimum Gasteiger partial charge on any atom is -0.314 e. The van der Waals surface area contributed by atoms with Crippen molar-refractivity contribution in [3.05, 3.63) is 0 Å². The zero-order valence-corrected chi connectivity index (χ0v) is 9.40. The Morgan fingerprint density at radius 3 is 2.38 bits per heavy atom. The average Bonchev–Trinajstić information content (AvgIpc) is 2.04. The van der Waals surface area contributed by atoms with Crippen LogP contribution in [0.1, 0.15) is 33.6 Å². The molecule has 78 valence electrons. The van der Waals surface area contributed by atoms with Crippen LogP contribution in [0.2, 0.25) is 0 Å². The number of nitrogens with zero attached hydrogens (tertiary/aromatic N) is 1. The fraction of sp³-hybridized carbons (Fsp3) is 1.00. The van der Waals surface area contributed by atoms with Crippen molar-refractivity contribution in [1.82, 2.24) is 10.2 Å². The highest BCUT2D eigenvalue weighted by Crippen LogP contribution is 2.23. The molecular formula is C11H24N2. The second kappa shape index (κ2) is 4.97. The van der Waals surface area contributed by atoms with Crippen molar-refractivity contribution in [2.24, 2.45) is 5.41 Å². The molecule has 0 spiro atoms. The molecule has 1 heterocycles. The maximum Gasteiger partial charge on any atom is 0.0108 e. The largest absolute Gasteiger partial charge is 0.314 e. The van der Waals surface area contributed by atoms with Gasteiger partial charge in [-0.1, -0.05) is 27.2 Å². The molecule has 0 aromatic carbocycles. The van der Waals surface area contributed by atoms with Gasteiger partial charge in [-0.05, 0) is 11.8 Å². The fourth-order valence-corrected chi connectivity index (χ4v) is 2.23. The summed E-state index contributed by atoms with van der Waals surface area (Å²) in [7, 11) is 0. The predicted octanol–water partition coefficient (Wildman–Crippen LogP) is 1.72. The molecule has 1 rings (SSSR count). The molecule has 0 aliphatic carbocycles. The van der Waals surface area contributed by atoms with E-state index in [9.17, 15) is 0 Å². The van der Waals surface area contributed by atoms with Crippen molar-refractivity contribution < 1.29 is 0 Å². The highest BCUT2D eigenvalue weighted by atomic mass is 15.2. The summed E-state index contributed by atoms with van der Waals surface area (Å²) in [5, 5.41) is 3.39. The maximum atomic E-state index is 3.39. The highest BCUT2D eigenvalue weighted by Gasteiger charge is 2.21. The first-order valence-electron chi connectivity index (χ1n) is 5.57. The SMILES string of the molecule is CCCC(C)(C)CN1CCNCC1. The van der Waals surface area contributed by atoms with Crippen LogP contribution in [-0.2, 0) is 0 Å². The van der Waals surface area contributed by atoms with Crippen LogP contribution in [-0.4, -0.2) is 37.6 Å². The van der Waals surface area contributed by atoms with Crippen molar-refractivity contribution in [3.63, 3.8) is 0 Å². The summed E-state index contributed by atoms with van der Waals surface area (Å²) < 4.78 is 0. The van der Waals surface area contributed by atoms with Gasteiger partial charge in [0.05, 0.1) is 0 Å². The van der Waals surface area contributed by atoms with Crippen molar-refractivity contribution in [1.29, 1.82) is 0 Å². The molecule has 0 atom stereocenters. The van der Waals surface area contributed by atoms with E-state index < -0.39 is 0 Å². The van der Waals surface area contributed by atoms with E-state index in [-0.39, 0.29) is 0 Å². The molecule has 1 saturated heterocycles. The van der Waals surface area contributed by atoms with Crippen LogP contribution in [0.25, 0.3) is 0 Å². The highest BCUT2D eigenvalue weighted by molar-refractivity contribution is 4.76. The van der Waals surface area contributed by atoms with Crippen LogP contribution in [0.4, 0.5) is 0 Å². The number of piperazine rings is 1. The van der Waals surface area contributed by atoms with E-state index in [0.29, 0.717) is 5.41 Å². The smallest absolute Gasteiger partial charge is 0.0108 e. The molecule has 1 N–H and O–H groups in total. The first-order chi connectivity index (χ1) is 6.14. The molecule has 1 aliphatic heterocycles. The Morgan fingerprint density at radius 2 is 1.85 bits per heavy atom. The Morgan fingerprint density at radius 1 is 1.23 bits per heavy atom. The molecule has 2 heteroatoms. The van der Waals surface area contributed by atoms with Gasteiger partial charge in [0.25, 0.3) is 0 Å². The molecule has 0 aromatic rings. The van der Waals surface area contributed by atoms with Crippen LogP contribution in [0.15, 0.2) is 0 Å². The summed E-state index contributed by atoms with van der Waals surface area (Å²) in [5.41, 5.74) is 0.506. The van der Waals surface area contributed by atoms with E-state index in [1.54, 1.807) is 0 Å². The van der Waals surface area contributed by atoms with Crippen LogP contribution >= 0.6 is 0 Å². The lowest BCUT2D eigenvalue weighted by Gasteiger charge is -2.35. The van der Waals surface area contributed by atoms with Crippen molar-refractivity contribution in [2.75, 3.05) is 32.7 Å². The van der Waals surface area contributed by atoms with Gasteiger partial charge in [-0.15, -0.1) is 0 Å². The molecule has 1 aliphatic rings. The van der Waals surface area contributed by atoms with Gasteiger partial charge in [0.1, 0.15) is 0 Å². The van der Waals surface area contributed by atoms with E-state index in [1.807, 2.05) is 0 Å². The summed E-state index contributed by atoms with van der Waals surface area (Å²) in [5.74, 6) is 0. The van der Waals surface area contributed by atoms with Gasteiger partial charge in [-0.2, -0.15) is 0 Å². The van der Waals surface area contributed by atoms with Crippen LogP contribution in [0.3, 0.4) is 0 Å². The van der Waals surface area contributed by atoms with Gasteiger partial charge >= 0.3 is 0 Å². The van der Waals surface area contributed by atoms with Crippen LogP contribution in [0, 0.1) is 5.41 Å². The van der Waals surface area contributed by atoms with Gasteiger partial charge in [0.2, 0.25) is 0 Å². The molecule has 13 heavy (non-hydrogen) atoms. The fourth-order valence-electron chi connectivity index (χ4n) is 2.23. The molecule has 1 fully saturated rings. The Balaban J connectivity index is 2.28. The molecule has 2 nitrogen and oxygen atoms in total. The molecule has 0 unspecified atom stereocenters. The van der Waals surface area contributed by atoms with Crippen LogP contribution in [0.5, 0.6) is 0 Å². The van der Waals surface area contributed by atoms with E-state index in [2.05, 4.69) is 31.0 Å². The minimum atomic E-state index is 0.506. The Labute approximate surface area is 82.7 Å². The first-order valence-corrected chi connectivity index (χ1v) is 5.57. The zero-order valence-electron chi connectivity index (χ0n) is 9.40. The Bertz CT molecular complexity index is 137. The second-order valence-electron chi connectivity index (χ2n) is 4.94. The molecule has 0 radical (unpaired) electrons. The van der Waals surface area contributed by atoms with Crippen LogP contribution < -0.4 is 5.32 Å². The van der Waals surface area contributed by atoms with E-state index in [0.717, 1.165) is 0 Å². The quantitative estimate of drug-likeness (QED) is 0.715. The number of rotatable bonds is 4. The third-order valence-corrected chi connectivity index (χ3v) is 2.79. The number of hydrogen-bond donors (Lipinski definition) is 1.